The molecule has 1 aliphatic carbocycles. The fourth-order valence-corrected chi connectivity index (χ4v) is 3.42. The first-order valence-corrected chi connectivity index (χ1v) is 9.03. The van der Waals surface area contributed by atoms with Crippen LogP contribution in [-0.2, 0) is 0 Å². The van der Waals surface area contributed by atoms with Crippen molar-refractivity contribution in [3.63, 3.8) is 0 Å². The van der Waals surface area contributed by atoms with Crippen LogP contribution in [0.5, 0.6) is 0 Å². The molecular weight excluding hydrogens is 390 g/mol. The summed E-state index contributed by atoms with van der Waals surface area (Å²) < 4.78 is 0.811. The molecule has 0 unspecified atom stereocenters. The number of benzene rings is 2. The van der Waals surface area contributed by atoms with Crippen LogP contribution in [-0.4, -0.2) is 15.9 Å². The summed E-state index contributed by atoms with van der Waals surface area (Å²) >= 11 is 9.47. The van der Waals surface area contributed by atoms with Crippen molar-refractivity contribution in [3.8, 4) is 0 Å². The Morgan fingerprint density at radius 1 is 1.25 bits per heavy atom. The van der Waals surface area contributed by atoms with Gasteiger partial charge in [-0.25, -0.2) is 4.98 Å². The van der Waals surface area contributed by atoms with Crippen molar-refractivity contribution in [1.82, 2.24) is 9.97 Å². The number of amides is 1. The second kappa shape index (κ2) is 6.22. The van der Waals surface area contributed by atoms with Crippen LogP contribution in [0.2, 0.25) is 5.02 Å². The van der Waals surface area contributed by atoms with Gasteiger partial charge in [0, 0.05) is 16.1 Å². The molecule has 6 heteroatoms. The zero-order chi connectivity index (χ0) is 16.7. The maximum atomic E-state index is 12.4. The number of rotatable bonds is 3. The molecule has 1 fully saturated rings. The highest BCUT2D eigenvalue weighted by Gasteiger charge is 2.22. The topological polar surface area (TPSA) is 57.8 Å². The minimum atomic E-state index is -0.237. The number of aromatic amines is 1. The Morgan fingerprint density at radius 3 is 2.83 bits per heavy atom. The van der Waals surface area contributed by atoms with Gasteiger partial charge in [0.2, 0.25) is 0 Å². The third kappa shape index (κ3) is 2.94. The van der Waals surface area contributed by atoms with Gasteiger partial charge in [0.15, 0.2) is 0 Å². The van der Waals surface area contributed by atoms with Gasteiger partial charge in [-0.15, -0.1) is 0 Å². The van der Waals surface area contributed by atoms with Crippen molar-refractivity contribution >= 4 is 50.2 Å². The largest absolute Gasteiger partial charge is 0.342 e. The molecule has 0 atom stereocenters. The van der Waals surface area contributed by atoms with Gasteiger partial charge in [-0.3, -0.25) is 4.79 Å². The second-order valence-corrected chi connectivity index (χ2v) is 7.38. The van der Waals surface area contributed by atoms with Crippen LogP contribution in [0.15, 0.2) is 40.9 Å². The summed E-state index contributed by atoms with van der Waals surface area (Å²) in [7, 11) is 0. The molecule has 4 rings (SSSR count). The Kier molecular flexibility index (Phi) is 4.06. The second-order valence-electron chi connectivity index (χ2n) is 6.06. The highest BCUT2D eigenvalue weighted by molar-refractivity contribution is 9.10. The van der Waals surface area contributed by atoms with Crippen LogP contribution < -0.4 is 5.32 Å². The van der Waals surface area contributed by atoms with Crippen molar-refractivity contribution in [2.75, 3.05) is 5.32 Å². The lowest BCUT2D eigenvalue weighted by molar-refractivity contribution is 0.102. The third-order valence-corrected chi connectivity index (χ3v) is 5.25. The molecule has 2 aromatic carbocycles. The van der Waals surface area contributed by atoms with Gasteiger partial charge in [0.05, 0.1) is 21.6 Å². The molecule has 2 N–H and O–H groups in total. The van der Waals surface area contributed by atoms with Gasteiger partial charge in [0.25, 0.3) is 5.91 Å². The number of anilines is 1. The van der Waals surface area contributed by atoms with Crippen LogP contribution in [0.25, 0.3) is 11.0 Å². The number of nitrogens with zero attached hydrogens (tertiary/aromatic N) is 1. The first-order valence-electron chi connectivity index (χ1n) is 7.86. The van der Waals surface area contributed by atoms with Gasteiger partial charge in [-0.05, 0) is 49.2 Å². The summed E-state index contributed by atoms with van der Waals surface area (Å²) in [5.74, 6) is 1.37. The molecule has 0 saturated heterocycles. The van der Waals surface area contributed by atoms with E-state index in [9.17, 15) is 4.79 Å². The van der Waals surface area contributed by atoms with Crippen LogP contribution in [0.4, 0.5) is 5.69 Å². The molecule has 1 saturated carbocycles. The lowest BCUT2D eigenvalue weighted by atomic mass is 9.85. The standard InChI is InChI=1S/C18H15BrClN3O/c19-11-4-6-14(20)13(8-11)18(24)21-12-5-7-15-16(9-12)23-17(22-15)10-2-1-3-10/h4-10H,1-3H2,(H,21,24)(H,22,23). The zero-order valence-corrected chi connectivity index (χ0v) is 15.1. The lowest BCUT2D eigenvalue weighted by Crippen LogP contribution is -2.12. The van der Waals surface area contributed by atoms with E-state index in [1.807, 2.05) is 18.2 Å². The summed E-state index contributed by atoms with van der Waals surface area (Å²) in [4.78, 5) is 20.5. The highest BCUT2D eigenvalue weighted by atomic mass is 79.9. The molecule has 0 aliphatic heterocycles. The average molecular weight is 405 g/mol. The number of halogens is 2. The lowest BCUT2D eigenvalue weighted by Gasteiger charge is -2.22. The number of hydrogen-bond donors (Lipinski definition) is 2. The molecule has 0 spiro atoms. The van der Waals surface area contributed by atoms with Crippen LogP contribution >= 0.6 is 27.5 Å². The Morgan fingerprint density at radius 2 is 2.08 bits per heavy atom. The number of hydrogen-bond acceptors (Lipinski definition) is 2. The molecule has 1 aliphatic rings. The minimum absolute atomic E-state index is 0.237. The summed E-state index contributed by atoms with van der Waals surface area (Å²) in [5.41, 5.74) is 3.02. The third-order valence-electron chi connectivity index (χ3n) is 4.42. The van der Waals surface area contributed by atoms with Crippen molar-refractivity contribution in [2.24, 2.45) is 0 Å². The van der Waals surface area contributed by atoms with E-state index in [1.165, 1.54) is 19.3 Å². The summed E-state index contributed by atoms with van der Waals surface area (Å²) in [5, 5.41) is 3.31. The van der Waals surface area contributed by atoms with Gasteiger partial charge in [0.1, 0.15) is 5.82 Å². The van der Waals surface area contributed by atoms with Crippen molar-refractivity contribution in [3.05, 3.63) is 57.3 Å². The molecule has 0 radical (unpaired) electrons. The van der Waals surface area contributed by atoms with E-state index in [-0.39, 0.29) is 5.91 Å². The molecular formula is C18H15BrClN3O. The van der Waals surface area contributed by atoms with E-state index in [2.05, 4.69) is 31.2 Å². The van der Waals surface area contributed by atoms with Gasteiger partial charge in [-0.1, -0.05) is 34.0 Å². The Labute approximate surface area is 152 Å². The van der Waals surface area contributed by atoms with Crippen LogP contribution in [0.1, 0.15) is 41.4 Å². The van der Waals surface area contributed by atoms with E-state index >= 15 is 0 Å². The predicted octanol–water partition coefficient (Wildman–Crippen LogP) is 5.50. The van der Waals surface area contributed by atoms with Gasteiger partial charge < -0.3 is 10.3 Å². The number of fused-ring (bicyclic) bond motifs is 1. The number of aromatic nitrogens is 2. The van der Waals surface area contributed by atoms with E-state index in [1.54, 1.807) is 18.2 Å². The molecule has 4 nitrogen and oxygen atoms in total. The average Bonchev–Trinajstić information content (AvgIpc) is 2.90. The number of imidazole rings is 1. The predicted molar refractivity (Wildman–Crippen MR) is 99.8 cm³/mol. The molecule has 24 heavy (non-hydrogen) atoms. The first-order chi connectivity index (χ1) is 11.6. The highest BCUT2D eigenvalue weighted by Crippen LogP contribution is 2.35. The maximum Gasteiger partial charge on any atom is 0.257 e. The normalized spacial score (nSPS) is 14.6. The van der Waals surface area contributed by atoms with Crippen molar-refractivity contribution in [1.29, 1.82) is 0 Å². The Bertz CT molecular complexity index is 933. The molecule has 3 aromatic rings. The molecule has 122 valence electrons. The fourth-order valence-electron chi connectivity index (χ4n) is 2.85. The van der Waals surface area contributed by atoms with Gasteiger partial charge in [-0.2, -0.15) is 0 Å². The number of carbonyl (C=O) groups is 1. The van der Waals surface area contributed by atoms with E-state index < -0.39 is 0 Å². The first kappa shape index (κ1) is 15.7. The summed E-state index contributed by atoms with van der Waals surface area (Å²) in [6.45, 7) is 0. The number of carbonyl (C=O) groups excluding carboxylic acids is 1. The van der Waals surface area contributed by atoms with E-state index in [0.29, 0.717) is 22.2 Å². The fraction of sp³-hybridized carbons (Fsp3) is 0.222. The smallest absolute Gasteiger partial charge is 0.257 e. The van der Waals surface area contributed by atoms with Crippen molar-refractivity contribution in [2.45, 2.75) is 25.2 Å². The quantitative estimate of drug-likeness (QED) is 0.605. The maximum absolute atomic E-state index is 12.4. The summed E-state index contributed by atoms with van der Waals surface area (Å²) in [6.07, 6.45) is 3.67. The molecule has 1 aromatic heterocycles. The van der Waals surface area contributed by atoms with E-state index in [0.717, 1.165) is 21.3 Å². The molecule has 1 heterocycles. The number of H-pyrrole nitrogens is 1. The molecule has 0 bridgehead atoms. The molecule has 1 amide bonds. The zero-order valence-electron chi connectivity index (χ0n) is 12.8. The summed E-state index contributed by atoms with van der Waals surface area (Å²) in [6, 6.07) is 10.9. The monoisotopic (exact) mass is 403 g/mol. The number of nitrogens with one attached hydrogen (secondary N) is 2. The van der Waals surface area contributed by atoms with Crippen LogP contribution in [0, 0.1) is 0 Å². The van der Waals surface area contributed by atoms with Gasteiger partial charge >= 0.3 is 0 Å². The minimum Gasteiger partial charge on any atom is -0.342 e. The van der Waals surface area contributed by atoms with Crippen molar-refractivity contribution < 1.29 is 4.79 Å². The Balaban J connectivity index is 1.59. The van der Waals surface area contributed by atoms with E-state index in [4.69, 9.17) is 11.6 Å². The van der Waals surface area contributed by atoms with Crippen LogP contribution in [0.3, 0.4) is 0 Å². The Hall–Kier alpha value is -1.85. The SMILES string of the molecule is O=C(Nc1ccc2nc(C3CCC3)[nH]c2c1)c1cc(Br)ccc1Cl.